The predicted octanol–water partition coefficient (Wildman–Crippen LogP) is 5.70. The molecule has 0 saturated heterocycles. The van der Waals surface area contributed by atoms with Gasteiger partial charge >= 0.3 is 0 Å². The summed E-state index contributed by atoms with van der Waals surface area (Å²) in [6.45, 7) is 21.5. The van der Waals surface area contributed by atoms with Crippen LogP contribution in [-0.2, 0) is 0 Å². The summed E-state index contributed by atoms with van der Waals surface area (Å²) in [6.07, 6.45) is 2.67. The second-order valence-corrected chi connectivity index (χ2v) is 7.84. The summed E-state index contributed by atoms with van der Waals surface area (Å²) in [5.41, 5.74) is 0. The van der Waals surface area contributed by atoms with Crippen LogP contribution in [0.25, 0.3) is 0 Å². The maximum atomic E-state index is 2.62. The van der Waals surface area contributed by atoms with Gasteiger partial charge in [0.1, 0.15) is 0 Å². The first-order valence-corrected chi connectivity index (χ1v) is 8.86. The molecule has 0 fully saturated rings. The molecule has 1 heteroatoms. The minimum absolute atomic E-state index is 0.653. The van der Waals surface area contributed by atoms with Gasteiger partial charge in [0.25, 0.3) is 0 Å². The Balaban J connectivity index is 4.98. The van der Waals surface area contributed by atoms with Crippen LogP contribution in [0, 0.1) is 29.6 Å². The zero-order valence-electron chi connectivity index (χ0n) is 15.9. The Morgan fingerprint density at radius 2 is 1.25 bits per heavy atom. The van der Waals surface area contributed by atoms with Gasteiger partial charge in [0.2, 0.25) is 0 Å². The van der Waals surface area contributed by atoms with Gasteiger partial charge in [0.15, 0.2) is 0 Å². The Morgan fingerprint density at radius 1 is 0.750 bits per heavy atom. The average Bonchev–Trinajstić information content (AvgIpc) is 2.36. The van der Waals surface area contributed by atoms with Crippen LogP contribution in [0.3, 0.4) is 0 Å². The lowest BCUT2D eigenvalue weighted by Gasteiger charge is -2.43. The second kappa shape index (κ2) is 9.07. The van der Waals surface area contributed by atoms with E-state index >= 15 is 0 Å². The molecule has 0 aliphatic heterocycles. The van der Waals surface area contributed by atoms with Crippen molar-refractivity contribution in [1.29, 1.82) is 0 Å². The summed E-state index contributed by atoms with van der Waals surface area (Å²) < 4.78 is 0. The molecule has 5 atom stereocenters. The van der Waals surface area contributed by atoms with E-state index in [0.29, 0.717) is 12.1 Å². The van der Waals surface area contributed by atoms with Crippen molar-refractivity contribution in [1.82, 2.24) is 4.90 Å². The summed E-state index contributed by atoms with van der Waals surface area (Å²) in [4.78, 5) is 2.62. The van der Waals surface area contributed by atoms with Crippen molar-refractivity contribution in [2.24, 2.45) is 29.6 Å². The maximum Gasteiger partial charge on any atom is 0.0100 e. The van der Waals surface area contributed by atoms with Crippen LogP contribution in [0.2, 0.25) is 0 Å². The van der Waals surface area contributed by atoms with E-state index in [1.807, 2.05) is 0 Å². The van der Waals surface area contributed by atoms with Crippen LogP contribution < -0.4 is 0 Å². The van der Waals surface area contributed by atoms with E-state index in [0.717, 1.165) is 29.6 Å². The largest absolute Gasteiger partial charge is 0.300 e. The van der Waals surface area contributed by atoms with Gasteiger partial charge in [0.05, 0.1) is 0 Å². The van der Waals surface area contributed by atoms with Gasteiger partial charge in [-0.15, -0.1) is 0 Å². The molecular weight excluding hydrogens is 242 g/mol. The van der Waals surface area contributed by atoms with Crippen LogP contribution in [-0.4, -0.2) is 24.0 Å². The molecular formula is C19H41N. The van der Waals surface area contributed by atoms with Crippen LogP contribution >= 0.6 is 0 Å². The summed E-state index contributed by atoms with van der Waals surface area (Å²) in [5, 5.41) is 0. The van der Waals surface area contributed by atoms with Gasteiger partial charge in [-0.1, -0.05) is 61.3 Å². The maximum absolute atomic E-state index is 2.62. The highest BCUT2D eigenvalue weighted by atomic mass is 15.2. The number of hydrogen-bond donors (Lipinski definition) is 0. The molecule has 0 rings (SSSR count). The zero-order valence-corrected chi connectivity index (χ0v) is 15.9. The fourth-order valence-electron chi connectivity index (χ4n) is 3.81. The predicted molar refractivity (Wildman–Crippen MR) is 93.1 cm³/mol. The molecule has 5 unspecified atom stereocenters. The third-order valence-corrected chi connectivity index (χ3v) is 5.83. The lowest BCUT2D eigenvalue weighted by Crippen LogP contribution is -2.47. The highest BCUT2D eigenvalue weighted by molar-refractivity contribution is 4.85. The Labute approximate surface area is 129 Å². The Bertz CT molecular complexity index is 246. The van der Waals surface area contributed by atoms with Gasteiger partial charge in [-0.25, -0.2) is 0 Å². The Kier molecular flexibility index (Phi) is 9.06. The van der Waals surface area contributed by atoms with Gasteiger partial charge in [-0.2, -0.15) is 0 Å². The molecule has 0 N–H and O–H groups in total. The van der Waals surface area contributed by atoms with Gasteiger partial charge in [-0.3, -0.25) is 0 Å². The molecule has 0 spiro atoms. The Hall–Kier alpha value is -0.0400. The summed E-state index contributed by atoms with van der Waals surface area (Å²) >= 11 is 0. The Morgan fingerprint density at radius 3 is 1.60 bits per heavy atom. The quantitative estimate of drug-likeness (QED) is 0.525. The fourth-order valence-corrected chi connectivity index (χ4v) is 3.81. The van der Waals surface area contributed by atoms with E-state index in [1.54, 1.807) is 0 Å². The molecule has 20 heavy (non-hydrogen) atoms. The standard InChI is InChI=1S/C19H41N/c1-11-12-15(6)16(7)19(14(4)5)18(9)20(10)17(8)13(2)3/h13-19H,11-12H2,1-10H3. The third-order valence-electron chi connectivity index (χ3n) is 5.83. The van der Waals surface area contributed by atoms with Gasteiger partial charge in [0, 0.05) is 12.1 Å². The van der Waals surface area contributed by atoms with Crippen molar-refractivity contribution in [2.75, 3.05) is 7.05 Å². The minimum Gasteiger partial charge on any atom is -0.300 e. The van der Waals surface area contributed by atoms with Crippen molar-refractivity contribution in [3.05, 3.63) is 0 Å². The van der Waals surface area contributed by atoms with Crippen LogP contribution in [0.5, 0.6) is 0 Å². The second-order valence-electron chi connectivity index (χ2n) is 7.84. The van der Waals surface area contributed by atoms with E-state index in [2.05, 4.69) is 74.3 Å². The molecule has 0 aromatic carbocycles. The lowest BCUT2D eigenvalue weighted by molar-refractivity contribution is 0.0523. The number of rotatable bonds is 9. The number of hydrogen-bond acceptors (Lipinski definition) is 1. The summed E-state index contributed by atoms with van der Waals surface area (Å²) in [7, 11) is 2.32. The normalized spacial score (nSPS) is 20.2. The third kappa shape index (κ3) is 5.39. The van der Waals surface area contributed by atoms with Crippen molar-refractivity contribution < 1.29 is 0 Å². The molecule has 0 radical (unpaired) electrons. The fraction of sp³-hybridized carbons (Fsp3) is 1.00. The SMILES string of the molecule is CCCC(C)C(C)C(C(C)C)C(C)N(C)C(C)C(C)C. The van der Waals surface area contributed by atoms with Crippen molar-refractivity contribution in [3.8, 4) is 0 Å². The minimum atomic E-state index is 0.653. The highest BCUT2D eigenvalue weighted by Crippen LogP contribution is 2.34. The molecule has 0 aromatic heterocycles. The first-order chi connectivity index (χ1) is 9.14. The summed E-state index contributed by atoms with van der Waals surface area (Å²) in [5.74, 6) is 3.88. The van der Waals surface area contributed by atoms with E-state index in [1.165, 1.54) is 12.8 Å². The topological polar surface area (TPSA) is 3.24 Å². The van der Waals surface area contributed by atoms with Crippen molar-refractivity contribution >= 4 is 0 Å². The van der Waals surface area contributed by atoms with Crippen LogP contribution in [0.15, 0.2) is 0 Å². The molecule has 0 aromatic rings. The molecule has 0 aliphatic rings. The summed E-state index contributed by atoms with van der Waals surface area (Å²) in [6, 6.07) is 1.31. The monoisotopic (exact) mass is 283 g/mol. The molecule has 0 amide bonds. The van der Waals surface area contributed by atoms with E-state index < -0.39 is 0 Å². The first kappa shape index (κ1) is 20.0. The van der Waals surface area contributed by atoms with Crippen LogP contribution in [0.4, 0.5) is 0 Å². The smallest absolute Gasteiger partial charge is 0.0100 e. The van der Waals surface area contributed by atoms with Crippen LogP contribution in [0.1, 0.15) is 75.2 Å². The van der Waals surface area contributed by atoms with E-state index in [-0.39, 0.29) is 0 Å². The van der Waals surface area contributed by atoms with E-state index in [4.69, 9.17) is 0 Å². The average molecular weight is 284 g/mol. The number of nitrogens with zero attached hydrogens (tertiary/aromatic N) is 1. The zero-order chi connectivity index (χ0) is 16.0. The first-order valence-electron chi connectivity index (χ1n) is 8.86. The molecule has 0 saturated carbocycles. The molecule has 122 valence electrons. The molecule has 1 nitrogen and oxygen atoms in total. The van der Waals surface area contributed by atoms with Crippen molar-refractivity contribution in [3.63, 3.8) is 0 Å². The molecule has 0 bridgehead atoms. The van der Waals surface area contributed by atoms with Gasteiger partial charge < -0.3 is 4.90 Å². The van der Waals surface area contributed by atoms with E-state index in [9.17, 15) is 0 Å². The molecule has 0 aliphatic carbocycles. The lowest BCUT2D eigenvalue weighted by atomic mass is 9.72. The van der Waals surface area contributed by atoms with Crippen molar-refractivity contribution in [2.45, 2.75) is 87.2 Å². The highest BCUT2D eigenvalue weighted by Gasteiger charge is 2.33. The molecule has 0 heterocycles. The van der Waals surface area contributed by atoms with Gasteiger partial charge in [-0.05, 0) is 50.5 Å².